The second-order valence-corrected chi connectivity index (χ2v) is 7.69. The van der Waals surface area contributed by atoms with E-state index in [2.05, 4.69) is 26.8 Å². The Kier molecular flexibility index (Phi) is 5.81. The topological polar surface area (TPSA) is 71.5 Å². The molecular formula is C21H27N5O2. The fourth-order valence-electron chi connectivity index (χ4n) is 4.02. The molecule has 2 atom stereocenters. The smallest absolute Gasteiger partial charge is 0.227 e. The van der Waals surface area contributed by atoms with E-state index in [9.17, 15) is 4.79 Å². The molecule has 2 aliphatic rings. The van der Waals surface area contributed by atoms with Crippen LogP contribution in [0.5, 0.6) is 0 Å². The van der Waals surface area contributed by atoms with Gasteiger partial charge in [-0.3, -0.25) is 9.78 Å². The highest BCUT2D eigenvalue weighted by molar-refractivity contribution is 5.79. The summed E-state index contributed by atoms with van der Waals surface area (Å²) in [5, 5.41) is 0. The maximum absolute atomic E-state index is 13.0. The number of ether oxygens (including phenoxy) is 1. The number of carbonyl (C=O) groups excluding carboxylic acids is 1. The van der Waals surface area contributed by atoms with Gasteiger partial charge in [0.05, 0.1) is 25.7 Å². The standard InChI is InChI=1S/C21H27N5O2/c1-2-4-17-9-23-21(24-10-17)25-11-18-12-26(19(13-25)15-28-14-18)20(27)7-16-5-3-6-22-8-16/h3,5-6,8-10,18-19H,2,4,7,11-15H2,1H3/t18-,19-/m0/s1. The molecule has 0 saturated carbocycles. The first-order valence-electron chi connectivity index (χ1n) is 10.0. The van der Waals surface area contributed by atoms with Gasteiger partial charge in [0.1, 0.15) is 0 Å². The number of rotatable bonds is 5. The average molecular weight is 381 g/mol. The zero-order valence-corrected chi connectivity index (χ0v) is 16.3. The van der Waals surface area contributed by atoms with Crippen molar-refractivity contribution < 1.29 is 9.53 Å². The molecule has 0 unspecified atom stereocenters. The van der Waals surface area contributed by atoms with Crippen molar-refractivity contribution in [3.05, 3.63) is 48.0 Å². The predicted molar refractivity (Wildman–Crippen MR) is 106 cm³/mol. The van der Waals surface area contributed by atoms with Crippen LogP contribution >= 0.6 is 0 Å². The van der Waals surface area contributed by atoms with Gasteiger partial charge < -0.3 is 14.5 Å². The zero-order chi connectivity index (χ0) is 19.3. The van der Waals surface area contributed by atoms with Gasteiger partial charge in [0.2, 0.25) is 11.9 Å². The van der Waals surface area contributed by atoms with Crippen molar-refractivity contribution in [3.63, 3.8) is 0 Å². The van der Waals surface area contributed by atoms with Crippen LogP contribution in [0.1, 0.15) is 24.5 Å². The summed E-state index contributed by atoms with van der Waals surface area (Å²) >= 11 is 0. The molecule has 0 radical (unpaired) electrons. The molecule has 7 heteroatoms. The van der Waals surface area contributed by atoms with Gasteiger partial charge in [-0.2, -0.15) is 0 Å². The van der Waals surface area contributed by atoms with Crippen molar-refractivity contribution in [2.75, 3.05) is 37.7 Å². The summed E-state index contributed by atoms with van der Waals surface area (Å²) in [4.78, 5) is 30.5. The van der Waals surface area contributed by atoms with Gasteiger partial charge >= 0.3 is 0 Å². The Labute approximate surface area is 165 Å². The Morgan fingerprint density at radius 1 is 1.14 bits per heavy atom. The van der Waals surface area contributed by atoms with E-state index in [1.807, 2.05) is 29.4 Å². The molecule has 2 bridgehead atoms. The first kappa shape index (κ1) is 18.8. The highest BCUT2D eigenvalue weighted by atomic mass is 16.5. The monoisotopic (exact) mass is 381 g/mol. The van der Waals surface area contributed by atoms with E-state index in [1.54, 1.807) is 12.4 Å². The van der Waals surface area contributed by atoms with Gasteiger partial charge in [-0.25, -0.2) is 9.97 Å². The predicted octanol–water partition coefficient (Wildman–Crippen LogP) is 1.73. The molecule has 2 aliphatic heterocycles. The lowest BCUT2D eigenvalue weighted by molar-refractivity contribution is -0.132. The molecule has 4 heterocycles. The van der Waals surface area contributed by atoms with Crippen LogP contribution in [0.15, 0.2) is 36.9 Å². The molecule has 2 fully saturated rings. The molecule has 2 saturated heterocycles. The third kappa shape index (κ3) is 4.30. The number of hydrogen-bond acceptors (Lipinski definition) is 6. The summed E-state index contributed by atoms with van der Waals surface area (Å²) in [6.07, 6.45) is 9.79. The lowest BCUT2D eigenvalue weighted by atomic mass is 10.1. The van der Waals surface area contributed by atoms with Crippen molar-refractivity contribution in [2.24, 2.45) is 5.92 Å². The number of aryl methyl sites for hydroxylation is 1. The van der Waals surface area contributed by atoms with Crippen molar-refractivity contribution in [1.29, 1.82) is 0 Å². The van der Waals surface area contributed by atoms with Crippen LogP contribution in [-0.2, 0) is 22.4 Å². The maximum Gasteiger partial charge on any atom is 0.227 e. The second kappa shape index (κ2) is 8.65. The Hall–Kier alpha value is -2.54. The summed E-state index contributed by atoms with van der Waals surface area (Å²) in [5.74, 6) is 1.14. The van der Waals surface area contributed by atoms with Gasteiger partial charge in [0.15, 0.2) is 0 Å². The molecule has 7 nitrogen and oxygen atoms in total. The maximum atomic E-state index is 13.0. The molecule has 28 heavy (non-hydrogen) atoms. The van der Waals surface area contributed by atoms with Crippen LogP contribution in [-0.4, -0.2) is 64.6 Å². The highest BCUT2D eigenvalue weighted by Gasteiger charge is 2.36. The number of aromatic nitrogens is 3. The van der Waals surface area contributed by atoms with Crippen LogP contribution in [0.25, 0.3) is 0 Å². The van der Waals surface area contributed by atoms with Crippen molar-refractivity contribution in [1.82, 2.24) is 19.9 Å². The molecule has 1 amide bonds. The summed E-state index contributed by atoms with van der Waals surface area (Å²) in [6, 6.07) is 3.83. The summed E-state index contributed by atoms with van der Waals surface area (Å²) in [7, 11) is 0. The number of anilines is 1. The average Bonchev–Trinajstić information content (AvgIpc) is 3.01. The van der Waals surface area contributed by atoms with Crippen LogP contribution in [0.4, 0.5) is 5.95 Å². The van der Waals surface area contributed by atoms with E-state index < -0.39 is 0 Å². The van der Waals surface area contributed by atoms with Crippen molar-refractivity contribution >= 4 is 11.9 Å². The molecule has 0 aliphatic carbocycles. The third-order valence-electron chi connectivity index (χ3n) is 5.38. The number of nitrogens with zero attached hydrogens (tertiary/aromatic N) is 5. The molecule has 0 spiro atoms. The SMILES string of the molecule is CCCc1cnc(N2C[C@@H]3COC[C@H](C2)N(C(=O)Cc2cccnc2)C3)nc1. The Morgan fingerprint density at radius 2 is 2.00 bits per heavy atom. The quantitative estimate of drug-likeness (QED) is 0.786. The lowest BCUT2D eigenvalue weighted by Gasteiger charge is -2.31. The molecular weight excluding hydrogens is 354 g/mol. The number of hydrogen-bond donors (Lipinski definition) is 0. The molecule has 148 valence electrons. The summed E-state index contributed by atoms with van der Waals surface area (Å²) < 4.78 is 5.85. The Morgan fingerprint density at radius 3 is 2.75 bits per heavy atom. The first-order valence-corrected chi connectivity index (χ1v) is 10.0. The molecule has 2 aromatic heterocycles. The largest absolute Gasteiger partial charge is 0.379 e. The van der Waals surface area contributed by atoms with Crippen LogP contribution < -0.4 is 4.90 Å². The first-order chi connectivity index (χ1) is 13.7. The second-order valence-electron chi connectivity index (χ2n) is 7.69. The number of pyridine rings is 1. The minimum atomic E-state index is 0.00981. The van der Waals surface area contributed by atoms with Gasteiger partial charge in [-0.05, 0) is 23.6 Å². The Balaban J connectivity index is 1.49. The number of amides is 1. The van der Waals surface area contributed by atoms with Gasteiger partial charge in [-0.1, -0.05) is 19.4 Å². The van der Waals surface area contributed by atoms with E-state index in [0.29, 0.717) is 32.7 Å². The van der Waals surface area contributed by atoms with E-state index in [4.69, 9.17) is 4.74 Å². The van der Waals surface area contributed by atoms with E-state index in [-0.39, 0.29) is 17.9 Å². The fraction of sp³-hybridized carbons (Fsp3) is 0.524. The van der Waals surface area contributed by atoms with Gasteiger partial charge in [-0.15, -0.1) is 0 Å². The Bertz CT molecular complexity index is 783. The normalized spacial score (nSPS) is 22.0. The molecule has 0 aromatic carbocycles. The van der Waals surface area contributed by atoms with Gasteiger partial charge in [0, 0.05) is 50.3 Å². The molecule has 4 rings (SSSR count). The van der Waals surface area contributed by atoms with Crippen LogP contribution in [0.3, 0.4) is 0 Å². The minimum absolute atomic E-state index is 0.00981. The lowest BCUT2D eigenvalue weighted by Crippen LogP contribution is -2.47. The summed E-state index contributed by atoms with van der Waals surface area (Å²) in [5.41, 5.74) is 2.11. The van der Waals surface area contributed by atoms with Gasteiger partial charge in [0.25, 0.3) is 0 Å². The fourth-order valence-corrected chi connectivity index (χ4v) is 4.02. The highest BCUT2D eigenvalue weighted by Crippen LogP contribution is 2.23. The van der Waals surface area contributed by atoms with E-state index >= 15 is 0 Å². The van der Waals surface area contributed by atoms with Crippen molar-refractivity contribution in [3.8, 4) is 0 Å². The molecule has 2 aromatic rings. The van der Waals surface area contributed by atoms with Crippen LogP contribution in [0, 0.1) is 5.92 Å². The molecule has 0 N–H and O–H groups in total. The van der Waals surface area contributed by atoms with E-state index in [1.165, 1.54) is 0 Å². The summed E-state index contributed by atoms with van der Waals surface area (Å²) in [6.45, 7) is 5.59. The number of fused-ring (bicyclic) bond motifs is 3. The van der Waals surface area contributed by atoms with Crippen molar-refractivity contribution in [2.45, 2.75) is 32.2 Å². The van der Waals surface area contributed by atoms with Crippen LogP contribution in [0.2, 0.25) is 0 Å². The van der Waals surface area contributed by atoms with E-state index in [0.717, 1.165) is 36.5 Å². The zero-order valence-electron chi connectivity index (χ0n) is 16.3. The minimum Gasteiger partial charge on any atom is -0.379 e. The third-order valence-corrected chi connectivity index (χ3v) is 5.38. The number of carbonyl (C=O) groups is 1.